The van der Waals surface area contributed by atoms with Crippen molar-refractivity contribution in [2.45, 2.75) is 33.6 Å². The fraction of sp³-hybridized carbons (Fsp3) is 0.286. The third-order valence-electron chi connectivity index (χ3n) is 3.84. The summed E-state index contributed by atoms with van der Waals surface area (Å²) in [5, 5.41) is 0. The van der Waals surface area contributed by atoms with E-state index in [0.29, 0.717) is 0 Å². The molecule has 0 aliphatic heterocycles. The van der Waals surface area contributed by atoms with Crippen molar-refractivity contribution in [2.24, 2.45) is 4.99 Å². The fourth-order valence-electron chi connectivity index (χ4n) is 2.48. The Morgan fingerprint density at radius 3 is 2.74 bits per heavy atom. The van der Waals surface area contributed by atoms with Gasteiger partial charge in [0.05, 0.1) is 7.11 Å². The molecule has 0 saturated carbocycles. The number of methoxy groups -OCH3 is 1. The Labute approximate surface area is 139 Å². The van der Waals surface area contributed by atoms with Crippen LogP contribution in [-0.4, -0.2) is 12.8 Å². The Morgan fingerprint density at radius 2 is 1.96 bits per heavy atom. The van der Waals surface area contributed by atoms with E-state index < -0.39 is 0 Å². The lowest BCUT2D eigenvalue weighted by Crippen LogP contribution is -1.99. The first-order valence-electron chi connectivity index (χ1n) is 7.96. The monoisotopic (exact) mass is 307 g/mol. The van der Waals surface area contributed by atoms with Crippen molar-refractivity contribution in [1.29, 1.82) is 0 Å². The molecule has 2 aromatic rings. The van der Waals surface area contributed by atoms with Crippen LogP contribution < -0.4 is 4.74 Å². The highest BCUT2D eigenvalue weighted by atomic mass is 16.5. The van der Waals surface area contributed by atoms with Crippen LogP contribution in [0.2, 0.25) is 0 Å². The lowest BCUT2D eigenvalue weighted by Gasteiger charge is -2.06. The van der Waals surface area contributed by atoms with Crippen LogP contribution in [0.3, 0.4) is 0 Å². The molecule has 2 heteroatoms. The Bertz CT molecular complexity index is 714. The minimum Gasteiger partial charge on any atom is -0.497 e. The Kier molecular flexibility index (Phi) is 6.16. The molecule has 0 atom stereocenters. The van der Waals surface area contributed by atoms with E-state index in [1.165, 1.54) is 22.3 Å². The number of nitrogens with zero attached hydrogens (tertiary/aromatic N) is 1. The van der Waals surface area contributed by atoms with E-state index in [-0.39, 0.29) is 0 Å². The van der Waals surface area contributed by atoms with E-state index in [1.54, 1.807) is 7.11 Å². The van der Waals surface area contributed by atoms with E-state index in [4.69, 9.17) is 4.74 Å². The molecule has 0 heterocycles. The van der Waals surface area contributed by atoms with Gasteiger partial charge in [0.2, 0.25) is 0 Å². The molecule has 120 valence electrons. The maximum atomic E-state index is 5.23. The van der Waals surface area contributed by atoms with Gasteiger partial charge >= 0.3 is 0 Å². The molecule has 0 radical (unpaired) electrons. The van der Waals surface area contributed by atoms with Gasteiger partial charge in [0.25, 0.3) is 0 Å². The molecule has 0 unspecified atom stereocenters. The van der Waals surface area contributed by atoms with Crippen molar-refractivity contribution in [2.75, 3.05) is 7.11 Å². The van der Waals surface area contributed by atoms with Gasteiger partial charge in [0.15, 0.2) is 0 Å². The molecule has 0 amide bonds. The summed E-state index contributed by atoms with van der Waals surface area (Å²) < 4.78 is 5.23. The normalized spacial score (nSPS) is 11.9. The second-order valence-electron chi connectivity index (χ2n) is 5.91. The van der Waals surface area contributed by atoms with Crippen molar-refractivity contribution in [1.82, 2.24) is 0 Å². The van der Waals surface area contributed by atoms with Crippen molar-refractivity contribution in [3.8, 4) is 5.75 Å². The topological polar surface area (TPSA) is 21.6 Å². The molecule has 0 aliphatic carbocycles. The van der Waals surface area contributed by atoms with Gasteiger partial charge in [-0.2, -0.15) is 0 Å². The van der Waals surface area contributed by atoms with Gasteiger partial charge in [0, 0.05) is 18.3 Å². The average molecular weight is 307 g/mol. The number of rotatable bonds is 6. The number of hydrogen-bond acceptors (Lipinski definition) is 2. The van der Waals surface area contributed by atoms with Crippen LogP contribution in [-0.2, 0) is 12.8 Å². The van der Waals surface area contributed by atoms with Gasteiger partial charge in [-0.1, -0.05) is 42.0 Å². The summed E-state index contributed by atoms with van der Waals surface area (Å²) in [6.07, 6.45) is 5.75. The number of aryl methyl sites for hydroxylation is 2. The molecule has 0 aliphatic rings. The zero-order chi connectivity index (χ0) is 16.7. The van der Waals surface area contributed by atoms with Crippen LogP contribution in [0.25, 0.3) is 0 Å². The molecular weight excluding hydrogens is 282 g/mol. The Morgan fingerprint density at radius 1 is 1.13 bits per heavy atom. The Hall–Kier alpha value is -2.35. The lowest BCUT2D eigenvalue weighted by atomic mass is 10.0. The minimum absolute atomic E-state index is 0.859. The third-order valence-corrected chi connectivity index (χ3v) is 3.84. The highest BCUT2D eigenvalue weighted by Crippen LogP contribution is 2.14. The SMILES string of the molecule is COc1cccc(CC=CN=C(C)Cc2cc(C)ccc2C)c1. The van der Waals surface area contributed by atoms with Crippen molar-refractivity contribution in [3.63, 3.8) is 0 Å². The van der Waals surface area contributed by atoms with Gasteiger partial charge in [-0.15, -0.1) is 0 Å². The van der Waals surface area contributed by atoms with Crippen LogP contribution in [0, 0.1) is 13.8 Å². The molecule has 0 fully saturated rings. The number of allylic oxidation sites excluding steroid dienone is 1. The summed E-state index contributed by atoms with van der Waals surface area (Å²) in [4.78, 5) is 4.55. The molecule has 23 heavy (non-hydrogen) atoms. The first kappa shape index (κ1) is 17.0. The summed E-state index contributed by atoms with van der Waals surface area (Å²) in [5.74, 6) is 0.894. The fourth-order valence-corrected chi connectivity index (χ4v) is 2.48. The van der Waals surface area contributed by atoms with E-state index in [9.17, 15) is 0 Å². The van der Waals surface area contributed by atoms with Crippen molar-refractivity contribution in [3.05, 3.63) is 77.0 Å². The zero-order valence-electron chi connectivity index (χ0n) is 14.5. The summed E-state index contributed by atoms with van der Waals surface area (Å²) in [6.45, 7) is 6.36. The van der Waals surface area contributed by atoms with Crippen LogP contribution >= 0.6 is 0 Å². The van der Waals surface area contributed by atoms with Crippen LogP contribution in [0.1, 0.15) is 29.2 Å². The average Bonchev–Trinajstić information content (AvgIpc) is 2.55. The van der Waals surface area contributed by atoms with E-state index >= 15 is 0 Å². The quantitative estimate of drug-likeness (QED) is 0.683. The van der Waals surface area contributed by atoms with Gasteiger partial charge in [-0.25, -0.2) is 0 Å². The highest BCUT2D eigenvalue weighted by molar-refractivity contribution is 5.85. The summed E-state index contributed by atoms with van der Waals surface area (Å²) in [6, 6.07) is 14.7. The number of ether oxygens (including phenoxy) is 1. The maximum Gasteiger partial charge on any atom is 0.119 e. The third kappa shape index (κ3) is 5.41. The molecule has 2 nitrogen and oxygen atoms in total. The summed E-state index contributed by atoms with van der Waals surface area (Å²) in [7, 11) is 1.69. The predicted octanol–water partition coefficient (Wildman–Crippen LogP) is 5.07. The summed E-state index contributed by atoms with van der Waals surface area (Å²) >= 11 is 0. The first-order valence-corrected chi connectivity index (χ1v) is 7.96. The van der Waals surface area contributed by atoms with Gasteiger partial charge in [-0.3, -0.25) is 4.99 Å². The predicted molar refractivity (Wildman–Crippen MR) is 98.6 cm³/mol. The standard InChI is InChI=1S/C21H25NO/c1-16-10-11-17(2)20(13-16)14-18(3)22-12-6-8-19-7-5-9-21(15-19)23-4/h5-7,9-13,15H,8,14H2,1-4H3. The molecule has 2 aromatic carbocycles. The molecule has 2 rings (SSSR count). The smallest absolute Gasteiger partial charge is 0.119 e. The lowest BCUT2D eigenvalue weighted by molar-refractivity contribution is 0.414. The van der Waals surface area contributed by atoms with Crippen LogP contribution in [0.5, 0.6) is 5.75 Å². The maximum absolute atomic E-state index is 5.23. The van der Waals surface area contributed by atoms with E-state index in [2.05, 4.69) is 62.2 Å². The van der Waals surface area contributed by atoms with E-state index in [1.807, 2.05) is 18.3 Å². The van der Waals surface area contributed by atoms with Gasteiger partial charge in [0.1, 0.15) is 5.75 Å². The number of aliphatic imine (C=N–C) groups is 1. The molecule has 0 spiro atoms. The Balaban J connectivity index is 1.94. The molecule has 0 bridgehead atoms. The zero-order valence-corrected chi connectivity index (χ0v) is 14.5. The van der Waals surface area contributed by atoms with Crippen LogP contribution in [0.15, 0.2) is 59.7 Å². The van der Waals surface area contributed by atoms with Gasteiger partial charge < -0.3 is 4.74 Å². The molecule has 0 N–H and O–H groups in total. The van der Waals surface area contributed by atoms with Crippen LogP contribution in [0.4, 0.5) is 0 Å². The number of benzene rings is 2. The molecule has 0 aromatic heterocycles. The molecular formula is C21H25NO. The van der Waals surface area contributed by atoms with E-state index in [0.717, 1.165) is 24.3 Å². The highest BCUT2D eigenvalue weighted by Gasteiger charge is 2.00. The van der Waals surface area contributed by atoms with Crippen molar-refractivity contribution >= 4 is 5.71 Å². The molecule has 0 saturated heterocycles. The second kappa shape index (κ2) is 8.33. The van der Waals surface area contributed by atoms with Crippen molar-refractivity contribution < 1.29 is 4.74 Å². The van der Waals surface area contributed by atoms with Gasteiger partial charge in [-0.05, 0) is 56.0 Å². The number of hydrogen-bond donors (Lipinski definition) is 0. The largest absolute Gasteiger partial charge is 0.497 e. The second-order valence-corrected chi connectivity index (χ2v) is 5.91. The summed E-state index contributed by atoms with van der Waals surface area (Å²) in [5.41, 5.74) is 6.33. The first-order chi connectivity index (χ1) is 11.1. The minimum atomic E-state index is 0.859.